The van der Waals surface area contributed by atoms with E-state index in [9.17, 15) is 9.59 Å². The molecule has 2 N–H and O–H groups in total. The molecule has 3 rings (SSSR count). The van der Waals surface area contributed by atoms with Gasteiger partial charge in [-0.05, 0) is 31.0 Å². The van der Waals surface area contributed by atoms with E-state index in [0.29, 0.717) is 11.4 Å². The Morgan fingerprint density at radius 2 is 1.96 bits per heavy atom. The number of hydrogen-bond acceptors (Lipinski definition) is 4. The number of primary amides is 1. The van der Waals surface area contributed by atoms with Gasteiger partial charge in [-0.2, -0.15) is 0 Å². The molecule has 0 bridgehead atoms. The van der Waals surface area contributed by atoms with E-state index in [2.05, 4.69) is 9.97 Å². The maximum atomic E-state index is 11.7. The Balaban J connectivity index is 1.90. The van der Waals surface area contributed by atoms with Gasteiger partial charge in [0, 0.05) is 30.8 Å². The fourth-order valence-corrected chi connectivity index (χ4v) is 2.93. The molecule has 0 spiro atoms. The van der Waals surface area contributed by atoms with E-state index in [1.807, 2.05) is 11.0 Å². The van der Waals surface area contributed by atoms with Crippen molar-refractivity contribution in [3.8, 4) is 11.4 Å². The summed E-state index contributed by atoms with van der Waals surface area (Å²) in [5.74, 6) is 0.182. The standard InChI is InChI=1S/C17H18N4O2/c1-11(22)21-10-2-3-15(21)14-8-9-19-17(20-14)13-6-4-12(5-7-13)16(18)23/h4-9,15H,2-3,10H2,1H3,(H2,18,23). The lowest BCUT2D eigenvalue weighted by Gasteiger charge is -2.22. The zero-order valence-corrected chi connectivity index (χ0v) is 12.9. The molecule has 1 fully saturated rings. The van der Waals surface area contributed by atoms with Crippen molar-refractivity contribution in [2.24, 2.45) is 5.73 Å². The molecule has 6 nitrogen and oxygen atoms in total. The van der Waals surface area contributed by atoms with Gasteiger partial charge < -0.3 is 10.6 Å². The van der Waals surface area contributed by atoms with E-state index in [1.165, 1.54) is 0 Å². The van der Waals surface area contributed by atoms with Crippen molar-refractivity contribution in [3.63, 3.8) is 0 Å². The Morgan fingerprint density at radius 1 is 1.22 bits per heavy atom. The minimum Gasteiger partial charge on any atom is -0.366 e. The third-order valence-electron chi connectivity index (χ3n) is 4.10. The maximum absolute atomic E-state index is 11.7. The first-order chi connectivity index (χ1) is 11.1. The first-order valence-electron chi connectivity index (χ1n) is 7.56. The van der Waals surface area contributed by atoms with Gasteiger partial charge in [0.05, 0.1) is 11.7 Å². The summed E-state index contributed by atoms with van der Waals surface area (Å²) in [5.41, 5.74) is 7.35. The van der Waals surface area contributed by atoms with E-state index in [-0.39, 0.29) is 11.9 Å². The summed E-state index contributed by atoms with van der Waals surface area (Å²) in [6.07, 6.45) is 3.60. The van der Waals surface area contributed by atoms with Gasteiger partial charge in [0.25, 0.3) is 0 Å². The number of amides is 2. The summed E-state index contributed by atoms with van der Waals surface area (Å²) in [6.45, 7) is 2.36. The van der Waals surface area contributed by atoms with Crippen LogP contribution in [0.4, 0.5) is 0 Å². The van der Waals surface area contributed by atoms with Crippen LogP contribution >= 0.6 is 0 Å². The molecule has 1 unspecified atom stereocenters. The molecule has 2 heterocycles. The Bertz CT molecular complexity index is 743. The fourth-order valence-electron chi connectivity index (χ4n) is 2.93. The van der Waals surface area contributed by atoms with Crippen LogP contribution in [0.1, 0.15) is 41.9 Å². The van der Waals surface area contributed by atoms with Gasteiger partial charge >= 0.3 is 0 Å². The van der Waals surface area contributed by atoms with Gasteiger partial charge in [-0.3, -0.25) is 9.59 Å². The number of carbonyl (C=O) groups excluding carboxylic acids is 2. The molecular formula is C17H18N4O2. The highest BCUT2D eigenvalue weighted by Gasteiger charge is 2.29. The van der Waals surface area contributed by atoms with Gasteiger partial charge in [0.15, 0.2) is 5.82 Å². The lowest BCUT2D eigenvalue weighted by atomic mass is 10.1. The van der Waals surface area contributed by atoms with Crippen LogP contribution in [0.15, 0.2) is 36.5 Å². The summed E-state index contributed by atoms with van der Waals surface area (Å²) in [5, 5.41) is 0. The molecule has 118 valence electrons. The summed E-state index contributed by atoms with van der Waals surface area (Å²) in [4.78, 5) is 33.6. The molecule has 0 saturated carbocycles. The molecule has 1 aromatic heterocycles. The minimum atomic E-state index is -0.464. The maximum Gasteiger partial charge on any atom is 0.248 e. The Morgan fingerprint density at radius 3 is 2.61 bits per heavy atom. The monoisotopic (exact) mass is 310 g/mol. The van der Waals surface area contributed by atoms with E-state index in [0.717, 1.165) is 30.6 Å². The highest BCUT2D eigenvalue weighted by molar-refractivity contribution is 5.93. The van der Waals surface area contributed by atoms with Crippen molar-refractivity contribution in [1.82, 2.24) is 14.9 Å². The van der Waals surface area contributed by atoms with Crippen LogP contribution in [0.25, 0.3) is 11.4 Å². The normalized spacial score (nSPS) is 17.3. The molecule has 1 aliphatic heterocycles. The van der Waals surface area contributed by atoms with Gasteiger partial charge in [-0.15, -0.1) is 0 Å². The Kier molecular flexibility index (Phi) is 4.06. The smallest absolute Gasteiger partial charge is 0.248 e. The van der Waals surface area contributed by atoms with Gasteiger partial charge in [0.2, 0.25) is 11.8 Å². The van der Waals surface area contributed by atoms with Gasteiger partial charge in [-0.25, -0.2) is 9.97 Å². The number of likely N-dealkylation sites (tertiary alicyclic amines) is 1. The van der Waals surface area contributed by atoms with Crippen molar-refractivity contribution in [2.45, 2.75) is 25.8 Å². The third-order valence-corrected chi connectivity index (χ3v) is 4.10. The average Bonchev–Trinajstić information content (AvgIpc) is 3.05. The number of benzene rings is 1. The Labute approximate surface area is 134 Å². The van der Waals surface area contributed by atoms with Crippen LogP contribution in [0.2, 0.25) is 0 Å². The molecule has 1 aliphatic rings. The number of rotatable bonds is 3. The fraction of sp³-hybridized carbons (Fsp3) is 0.294. The SMILES string of the molecule is CC(=O)N1CCCC1c1ccnc(-c2ccc(C(N)=O)cc2)n1. The van der Waals surface area contributed by atoms with Crippen molar-refractivity contribution in [2.75, 3.05) is 6.54 Å². The molecule has 0 radical (unpaired) electrons. The average molecular weight is 310 g/mol. The molecule has 0 aliphatic carbocycles. The van der Waals surface area contributed by atoms with Crippen LogP contribution in [-0.4, -0.2) is 33.2 Å². The summed E-state index contributed by atoms with van der Waals surface area (Å²) in [6, 6.07) is 8.73. The summed E-state index contributed by atoms with van der Waals surface area (Å²) in [7, 11) is 0. The van der Waals surface area contributed by atoms with Crippen molar-refractivity contribution < 1.29 is 9.59 Å². The van der Waals surface area contributed by atoms with Crippen LogP contribution in [-0.2, 0) is 4.79 Å². The van der Waals surface area contributed by atoms with Crippen molar-refractivity contribution >= 4 is 11.8 Å². The lowest BCUT2D eigenvalue weighted by molar-refractivity contribution is -0.129. The first-order valence-corrected chi connectivity index (χ1v) is 7.56. The van der Waals surface area contributed by atoms with Crippen LogP contribution in [0.3, 0.4) is 0 Å². The van der Waals surface area contributed by atoms with Crippen molar-refractivity contribution in [3.05, 3.63) is 47.8 Å². The number of aromatic nitrogens is 2. The van der Waals surface area contributed by atoms with Crippen molar-refractivity contribution in [1.29, 1.82) is 0 Å². The van der Waals surface area contributed by atoms with Gasteiger partial charge in [-0.1, -0.05) is 12.1 Å². The number of hydrogen-bond donors (Lipinski definition) is 1. The molecule has 2 amide bonds. The van der Waals surface area contributed by atoms with Crippen LogP contribution < -0.4 is 5.73 Å². The second-order valence-corrected chi connectivity index (χ2v) is 5.62. The molecular weight excluding hydrogens is 292 g/mol. The molecule has 1 atom stereocenters. The number of nitrogens with zero attached hydrogens (tertiary/aromatic N) is 3. The molecule has 2 aromatic rings. The largest absolute Gasteiger partial charge is 0.366 e. The zero-order valence-electron chi connectivity index (χ0n) is 12.9. The number of nitrogens with two attached hydrogens (primary N) is 1. The first kappa shape index (κ1) is 15.1. The predicted molar refractivity (Wildman–Crippen MR) is 85.3 cm³/mol. The van der Waals surface area contributed by atoms with E-state index < -0.39 is 5.91 Å². The highest BCUT2D eigenvalue weighted by atomic mass is 16.2. The molecule has 1 aromatic carbocycles. The number of carbonyl (C=O) groups is 2. The van der Waals surface area contributed by atoms with Gasteiger partial charge in [0.1, 0.15) is 0 Å². The summed E-state index contributed by atoms with van der Waals surface area (Å²) >= 11 is 0. The minimum absolute atomic E-state index is 0.0131. The van der Waals surface area contributed by atoms with E-state index in [1.54, 1.807) is 37.4 Å². The molecule has 6 heteroatoms. The third kappa shape index (κ3) is 3.06. The lowest BCUT2D eigenvalue weighted by Crippen LogP contribution is -2.28. The van der Waals surface area contributed by atoms with Crippen LogP contribution in [0, 0.1) is 0 Å². The summed E-state index contributed by atoms with van der Waals surface area (Å²) < 4.78 is 0. The zero-order chi connectivity index (χ0) is 16.4. The second kappa shape index (κ2) is 6.16. The Hall–Kier alpha value is -2.76. The predicted octanol–water partition coefficient (Wildman–Crippen LogP) is 1.93. The van der Waals surface area contributed by atoms with E-state index in [4.69, 9.17) is 5.73 Å². The topological polar surface area (TPSA) is 89.2 Å². The highest BCUT2D eigenvalue weighted by Crippen LogP contribution is 2.31. The molecule has 23 heavy (non-hydrogen) atoms. The quantitative estimate of drug-likeness (QED) is 0.938. The van der Waals surface area contributed by atoms with E-state index >= 15 is 0 Å². The molecule has 1 saturated heterocycles. The van der Waals surface area contributed by atoms with Crippen LogP contribution in [0.5, 0.6) is 0 Å². The second-order valence-electron chi connectivity index (χ2n) is 5.62.